The topological polar surface area (TPSA) is 91.3 Å². The number of aliphatic hydroxyl groups excluding tert-OH is 2. The maximum Gasteiger partial charge on any atom is 0.156 e. The molecule has 0 aromatic carbocycles. The number of hydrogen-bond acceptors (Lipinski definition) is 6. The lowest BCUT2D eigenvalue weighted by molar-refractivity contribution is -0.0913. The number of rotatable bonds is 3. The zero-order valence-electron chi connectivity index (χ0n) is 10.5. The highest BCUT2D eigenvalue weighted by Gasteiger charge is 2.33. The van der Waals surface area contributed by atoms with Crippen molar-refractivity contribution in [2.75, 3.05) is 26.7 Å². The summed E-state index contributed by atoms with van der Waals surface area (Å²) in [6.45, 7) is 2.16. The van der Waals surface area contributed by atoms with Crippen LogP contribution in [0.3, 0.4) is 0 Å². The van der Waals surface area contributed by atoms with E-state index in [2.05, 4.69) is 9.89 Å². The summed E-state index contributed by atoms with van der Waals surface area (Å²) in [6, 6.07) is 0. The van der Waals surface area contributed by atoms with E-state index in [9.17, 15) is 10.2 Å². The molecule has 2 aliphatic rings. The minimum atomic E-state index is -0.350. The molecule has 4 N–H and O–H groups in total. The Labute approximate surface area is 111 Å². The first kappa shape index (κ1) is 14.1. The Hall–Kier alpha value is -0.340. The van der Waals surface area contributed by atoms with Crippen LogP contribution >= 0.6 is 11.8 Å². The van der Waals surface area contributed by atoms with Crippen molar-refractivity contribution < 1.29 is 14.9 Å². The lowest BCUT2D eigenvalue weighted by atomic mass is 10.0. The average molecular weight is 275 g/mol. The number of β-amino-alcohol motifs (C(OH)–C–C–N with tert-alkyl or cyclic N) is 1. The Bertz CT molecular complexity index is 310. The van der Waals surface area contributed by atoms with Crippen LogP contribution in [-0.4, -0.2) is 70.7 Å². The Morgan fingerprint density at radius 3 is 2.72 bits per heavy atom. The Kier molecular flexibility index (Phi) is 4.85. The van der Waals surface area contributed by atoms with Gasteiger partial charge in [-0.1, -0.05) is 11.8 Å². The minimum Gasteiger partial charge on any atom is -0.393 e. The van der Waals surface area contributed by atoms with Gasteiger partial charge < -0.3 is 20.7 Å². The van der Waals surface area contributed by atoms with Crippen LogP contribution < -0.4 is 5.73 Å². The van der Waals surface area contributed by atoms with Crippen molar-refractivity contribution in [3.05, 3.63) is 0 Å². The first-order valence-electron chi connectivity index (χ1n) is 6.19. The highest BCUT2D eigenvalue weighted by Crippen LogP contribution is 2.28. The van der Waals surface area contributed by atoms with Gasteiger partial charge in [0.2, 0.25) is 0 Å². The molecule has 2 rings (SSSR count). The number of aliphatic hydroxyl groups is 2. The fraction of sp³-hybridized carbons (Fsp3) is 0.909. The SMILES string of the molecule is CN=C(N)SC1CC(O)CC(CN2CC(O)C2)O1. The minimum absolute atomic E-state index is 0.00315. The van der Waals surface area contributed by atoms with Gasteiger partial charge in [-0.05, 0) is 0 Å². The van der Waals surface area contributed by atoms with Crippen LogP contribution in [0.25, 0.3) is 0 Å². The molecule has 0 amide bonds. The van der Waals surface area contributed by atoms with Crippen molar-refractivity contribution in [3.8, 4) is 0 Å². The third-order valence-electron chi connectivity index (χ3n) is 3.22. The Balaban J connectivity index is 1.80. The number of thioether (sulfide) groups is 1. The molecule has 3 unspecified atom stereocenters. The molecule has 2 saturated heterocycles. The first-order valence-corrected chi connectivity index (χ1v) is 7.07. The van der Waals surface area contributed by atoms with Crippen LogP contribution in [0.4, 0.5) is 0 Å². The lowest BCUT2D eigenvalue weighted by Crippen LogP contribution is -2.54. The molecule has 7 heteroatoms. The molecule has 2 aliphatic heterocycles. The smallest absolute Gasteiger partial charge is 0.156 e. The summed E-state index contributed by atoms with van der Waals surface area (Å²) in [4.78, 5) is 6.01. The summed E-state index contributed by atoms with van der Waals surface area (Å²) in [6.07, 6.45) is 0.680. The predicted molar refractivity (Wildman–Crippen MR) is 71.5 cm³/mol. The van der Waals surface area contributed by atoms with Gasteiger partial charge in [0.05, 0.1) is 18.3 Å². The number of hydrogen-bond donors (Lipinski definition) is 3. The van der Waals surface area contributed by atoms with E-state index in [0.29, 0.717) is 31.1 Å². The molecule has 0 bridgehead atoms. The van der Waals surface area contributed by atoms with E-state index >= 15 is 0 Å². The standard InChI is InChI=1S/C11H21N3O3S/c1-13-11(12)18-10-3-7(15)2-9(17-10)6-14-4-8(16)5-14/h7-10,15-16H,2-6H2,1H3,(H2,12,13). The van der Waals surface area contributed by atoms with Crippen LogP contribution in [0.1, 0.15) is 12.8 Å². The maximum atomic E-state index is 9.85. The second-order valence-electron chi connectivity index (χ2n) is 4.86. The molecule has 3 atom stereocenters. The molecule has 0 radical (unpaired) electrons. The summed E-state index contributed by atoms with van der Waals surface area (Å²) >= 11 is 1.36. The summed E-state index contributed by atoms with van der Waals surface area (Å²) in [7, 11) is 1.64. The number of aliphatic imine (C=N–C) groups is 1. The molecule has 6 nitrogen and oxygen atoms in total. The third-order valence-corrected chi connectivity index (χ3v) is 4.21. The van der Waals surface area contributed by atoms with Crippen molar-refractivity contribution in [1.29, 1.82) is 0 Å². The molecule has 0 aliphatic carbocycles. The Morgan fingerprint density at radius 2 is 2.11 bits per heavy atom. The Morgan fingerprint density at radius 1 is 1.39 bits per heavy atom. The highest BCUT2D eigenvalue weighted by atomic mass is 32.2. The van der Waals surface area contributed by atoms with Crippen LogP contribution in [0.2, 0.25) is 0 Å². The zero-order chi connectivity index (χ0) is 13.1. The highest BCUT2D eigenvalue weighted by molar-refractivity contribution is 8.14. The van der Waals surface area contributed by atoms with E-state index in [0.717, 1.165) is 6.54 Å². The molecule has 0 aromatic heterocycles. The number of nitrogens with zero attached hydrogens (tertiary/aromatic N) is 2. The molecular weight excluding hydrogens is 254 g/mol. The number of nitrogens with two attached hydrogens (primary N) is 1. The largest absolute Gasteiger partial charge is 0.393 e. The summed E-state index contributed by atoms with van der Waals surface area (Å²) < 4.78 is 5.89. The zero-order valence-corrected chi connectivity index (χ0v) is 11.3. The molecule has 0 spiro atoms. The van der Waals surface area contributed by atoms with Crippen LogP contribution in [-0.2, 0) is 4.74 Å². The second-order valence-corrected chi connectivity index (χ2v) is 6.04. The van der Waals surface area contributed by atoms with E-state index in [4.69, 9.17) is 10.5 Å². The normalized spacial score (nSPS) is 35.5. The van der Waals surface area contributed by atoms with Crippen LogP contribution in [0.5, 0.6) is 0 Å². The van der Waals surface area contributed by atoms with E-state index in [1.54, 1.807) is 7.05 Å². The van der Waals surface area contributed by atoms with E-state index in [-0.39, 0.29) is 23.7 Å². The van der Waals surface area contributed by atoms with Gasteiger partial charge >= 0.3 is 0 Å². The van der Waals surface area contributed by atoms with Gasteiger partial charge in [-0.3, -0.25) is 9.89 Å². The van der Waals surface area contributed by atoms with E-state index < -0.39 is 0 Å². The van der Waals surface area contributed by atoms with Crippen molar-refractivity contribution in [3.63, 3.8) is 0 Å². The summed E-state index contributed by atoms with van der Waals surface area (Å²) in [5.74, 6) is 0. The molecule has 2 heterocycles. The number of ether oxygens (including phenoxy) is 1. The van der Waals surface area contributed by atoms with Gasteiger partial charge in [-0.25, -0.2) is 0 Å². The van der Waals surface area contributed by atoms with Gasteiger partial charge in [0, 0.05) is 39.5 Å². The monoisotopic (exact) mass is 275 g/mol. The van der Waals surface area contributed by atoms with Crippen molar-refractivity contribution >= 4 is 16.9 Å². The van der Waals surface area contributed by atoms with Gasteiger partial charge in [0.1, 0.15) is 5.44 Å². The number of likely N-dealkylation sites (tertiary alicyclic amines) is 1. The van der Waals surface area contributed by atoms with Crippen molar-refractivity contribution in [1.82, 2.24) is 4.90 Å². The lowest BCUT2D eigenvalue weighted by Gasteiger charge is -2.41. The van der Waals surface area contributed by atoms with Crippen LogP contribution in [0.15, 0.2) is 4.99 Å². The van der Waals surface area contributed by atoms with Gasteiger partial charge in [-0.15, -0.1) is 0 Å². The van der Waals surface area contributed by atoms with Gasteiger partial charge in [-0.2, -0.15) is 0 Å². The fourth-order valence-electron chi connectivity index (χ4n) is 2.31. The quantitative estimate of drug-likeness (QED) is 0.462. The van der Waals surface area contributed by atoms with Gasteiger partial charge in [0.25, 0.3) is 0 Å². The molecule has 104 valence electrons. The second kappa shape index (κ2) is 6.21. The molecule has 2 fully saturated rings. The van der Waals surface area contributed by atoms with E-state index in [1.807, 2.05) is 0 Å². The van der Waals surface area contributed by atoms with Crippen LogP contribution in [0, 0.1) is 0 Å². The molecule has 0 aromatic rings. The van der Waals surface area contributed by atoms with Gasteiger partial charge in [0.15, 0.2) is 5.17 Å². The number of amidine groups is 1. The summed E-state index contributed by atoms with van der Waals surface area (Å²) in [5.41, 5.74) is 5.53. The predicted octanol–water partition coefficient (Wildman–Crippen LogP) is -0.793. The van der Waals surface area contributed by atoms with Crippen molar-refractivity contribution in [2.45, 2.75) is 36.6 Å². The van der Waals surface area contributed by atoms with E-state index in [1.165, 1.54) is 11.8 Å². The molecule has 18 heavy (non-hydrogen) atoms. The maximum absolute atomic E-state index is 9.85. The molecule has 0 saturated carbocycles. The fourth-order valence-corrected chi connectivity index (χ4v) is 3.21. The average Bonchev–Trinajstić information content (AvgIpc) is 2.26. The van der Waals surface area contributed by atoms with Crippen molar-refractivity contribution in [2.24, 2.45) is 10.7 Å². The summed E-state index contributed by atoms with van der Waals surface area (Å²) in [5, 5.41) is 19.6. The third kappa shape index (κ3) is 3.83. The molecular formula is C11H21N3O3S. The first-order chi connectivity index (χ1) is 8.56.